The number of benzene rings is 2. The maximum atomic E-state index is 11.0. The minimum Gasteiger partial charge on any atom is -0.490 e. The van der Waals surface area contributed by atoms with Gasteiger partial charge in [-0.3, -0.25) is 10.1 Å². The summed E-state index contributed by atoms with van der Waals surface area (Å²) in [4.78, 5) is 10.6. The van der Waals surface area contributed by atoms with Crippen LogP contribution in [0.1, 0.15) is 24.1 Å². The summed E-state index contributed by atoms with van der Waals surface area (Å²) < 4.78 is 5.00. The van der Waals surface area contributed by atoms with E-state index in [9.17, 15) is 10.1 Å². The van der Waals surface area contributed by atoms with Gasteiger partial charge in [-0.25, -0.2) is 0 Å². The van der Waals surface area contributed by atoms with E-state index in [0.29, 0.717) is 5.69 Å². The van der Waals surface area contributed by atoms with E-state index in [4.69, 9.17) is 4.74 Å². The summed E-state index contributed by atoms with van der Waals surface area (Å²) in [5.41, 5.74) is 2.96. The standard InChI is InChI=1S/C16H18N2O3/c1-11-5-4-6-13(9-11)12(2)17-14-7-8-16(21-3)15(10-14)18(19)20/h4-10,12,17H,1-3H3. The van der Waals surface area contributed by atoms with Crippen LogP contribution in [0.3, 0.4) is 0 Å². The van der Waals surface area contributed by atoms with Crippen molar-refractivity contribution < 1.29 is 9.66 Å². The summed E-state index contributed by atoms with van der Waals surface area (Å²) in [7, 11) is 1.42. The lowest BCUT2D eigenvalue weighted by molar-refractivity contribution is -0.385. The van der Waals surface area contributed by atoms with Crippen LogP contribution in [0.2, 0.25) is 0 Å². The molecule has 0 fully saturated rings. The van der Waals surface area contributed by atoms with Crippen LogP contribution in [-0.2, 0) is 0 Å². The highest BCUT2D eigenvalue weighted by molar-refractivity contribution is 5.59. The zero-order valence-electron chi connectivity index (χ0n) is 12.3. The van der Waals surface area contributed by atoms with Crippen molar-refractivity contribution in [2.75, 3.05) is 12.4 Å². The molecule has 2 aromatic rings. The third kappa shape index (κ3) is 3.51. The van der Waals surface area contributed by atoms with Crippen LogP contribution in [0.15, 0.2) is 42.5 Å². The highest BCUT2D eigenvalue weighted by atomic mass is 16.6. The first-order chi connectivity index (χ1) is 10.0. The molecule has 1 N–H and O–H groups in total. The fourth-order valence-electron chi connectivity index (χ4n) is 2.20. The van der Waals surface area contributed by atoms with Gasteiger partial charge in [0.1, 0.15) is 0 Å². The fraction of sp³-hybridized carbons (Fsp3) is 0.250. The van der Waals surface area contributed by atoms with Crippen molar-refractivity contribution in [2.24, 2.45) is 0 Å². The van der Waals surface area contributed by atoms with Gasteiger partial charge in [-0.05, 0) is 31.5 Å². The van der Waals surface area contributed by atoms with Gasteiger partial charge in [-0.1, -0.05) is 29.8 Å². The second-order valence-corrected chi connectivity index (χ2v) is 4.92. The summed E-state index contributed by atoms with van der Waals surface area (Å²) in [6.07, 6.45) is 0. The Morgan fingerprint density at radius 3 is 2.62 bits per heavy atom. The molecule has 2 rings (SSSR count). The van der Waals surface area contributed by atoms with Crippen molar-refractivity contribution in [1.82, 2.24) is 0 Å². The highest BCUT2D eigenvalue weighted by Crippen LogP contribution is 2.31. The van der Waals surface area contributed by atoms with Gasteiger partial charge in [0.25, 0.3) is 0 Å². The number of nitro groups is 1. The number of nitro benzene ring substituents is 1. The second-order valence-electron chi connectivity index (χ2n) is 4.92. The number of hydrogen-bond donors (Lipinski definition) is 1. The first-order valence-electron chi connectivity index (χ1n) is 6.67. The lowest BCUT2D eigenvalue weighted by Gasteiger charge is -2.16. The topological polar surface area (TPSA) is 64.4 Å². The van der Waals surface area contributed by atoms with Crippen LogP contribution in [0.4, 0.5) is 11.4 Å². The SMILES string of the molecule is COc1ccc(NC(C)c2cccc(C)c2)cc1[N+](=O)[O-]. The van der Waals surface area contributed by atoms with Crippen molar-refractivity contribution in [2.45, 2.75) is 19.9 Å². The lowest BCUT2D eigenvalue weighted by Crippen LogP contribution is -2.07. The Hall–Kier alpha value is -2.56. The average Bonchev–Trinajstić information content (AvgIpc) is 2.47. The van der Waals surface area contributed by atoms with Crippen molar-refractivity contribution in [3.63, 3.8) is 0 Å². The molecule has 0 aromatic heterocycles. The molecule has 0 aliphatic heterocycles. The minimum atomic E-state index is -0.443. The zero-order chi connectivity index (χ0) is 15.4. The largest absolute Gasteiger partial charge is 0.490 e. The van der Waals surface area contributed by atoms with Gasteiger partial charge in [-0.15, -0.1) is 0 Å². The Labute approximate surface area is 123 Å². The van der Waals surface area contributed by atoms with Gasteiger partial charge in [0.05, 0.1) is 12.0 Å². The number of hydrogen-bond acceptors (Lipinski definition) is 4. The molecule has 2 aromatic carbocycles. The minimum absolute atomic E-state index is 0.0426. The molecule has 0 radical (unpaired) electrons. The van der Waals surface area contributed by atoms with E-state index < -0.39 is 4.92 Å². The van der Waals surface area contributed by atoms with E-state index in [1.54, 1.807) is 12.1 Å². The summed E-state index contributed by atoms with van der Waals surface area (Å²) in [5, 5.41) is 14.3. The molecule has 5 heteroatoms. The van der Waals surface area contributed by atoms with Crippen LogP contribution >= 0.6 is 0 Å². The maximum Gasteiger partial charge on any atom is 0.312 e. The first kappa shape index (κ1) is 14.8. The number of ether oxygens (including phenoxy) is 1. The third-order valence-electron chi connectivity index (χ3n) is 3.30. The lowest BCUT2D eigenvalue weighted by atomic mass is 10.1. The molecule has 21 heavy (non-hydrogen) atoms. The number of methoxy groups -OCH3 is 1. The van der Waals surface area contributed by atoms with Gasteiger partial charge in [0, 0.05) is 17.8 Å². The molecule has 0 spiro atoms. The molecular formula is C16H18N2O3. The number of rotatable bonds is 5. The first-order valence-corrected chi connectivity index (χ1v) is 6.67. The van der Waals surface area contributed by atoms with E-state index in [2.05, 4.69) is 11.4 Å². The third-order valence-corrected chi connectivity index (χ3v) is 3.30. The Morgan fingerprint density at radius 1 is 1.24 bits per heavy atom. The fourth-order valence-corrected chi connectivity index (χ4v) is 2.20. The monoisotopic (exact) mass is 286 g/mol. The van der Waals surface area contributed by atoms with E-state index in [-0.39, 0.29) is 17.5 Å². The van der Waals surface area contributed by atoms with Crippen molar-refractivity contribution in [3.8, 4) is 5.75 Å². The maximum absolute atomic E-state index is 11.0. The predicted octanol–water partition coefficient (Wildman–Crippen LogP) is 4.08. The molecule has 0 saturated carbocycles. The van der Waals surface area contributed by atoms with Gasteiger partial charge in [0.2, 0.25) is 0 Å². The molecule has 5 nitrogen and oxygen atoms in total. The van der Waals surface area contributed by atoms with Crippen LogP contribution in [-0.4, -0.2) is 12.0 Å². The van der Waals surface area contributed by atoms with E-state index in [1.807, 2.05) is 32.0 Å². The van der Waals surface area contributed by atoms with Gasteiger partial charge >= 0.3 is 5.69 Å². The molecule has 0 bridgehead atoms. The second kappa shape index (κ2) is 6.26. The van der Waals surface area contributed by atoms with E-state index >= 15 is 0 Å². The molecular weight excluding hydrogens is 268 g/mol. The highest BCUT2D eigenvalue weighted by Gasteiger charge is 2.16. The van der Waals surface area contributed by atoms with E-state index in [0.717, 1.165) is 5.56 Å². The molecule has 110 valence electrons. The van der Waals surface area contributed by atoms with Crippen LogP contribution in [0, 0.1) is 17.0 Å². The Morgan fingerprint density at radius 2 is 2.00 bits per heavy atom. The van der Waals surface area contributed by atoms with Crippen LogP contribution < -0.4 is 10.1 Å². The molecule has 0 aliphatic carbocycles. The average molecular weight is 286 g/mol. The van der Waals surface area contributed by atoms with E-state index in [1.165, 1.54) is 18.7 Å². The number of nitrogens with one attached hydrogen (secondary N) is 1. The Kier molecular flexibility index (Phi) is 4.42. The number of aryl methyl sites for hydroxylation is 1. The van der Waals surface area contributed by atoms with Gasteiger partial charge in [-0.2, -0.15) is 0 Å². The molecule has 1 atom stereocenters. The Balaban J connectivity index is 2.23. The number of anilines is 1. The van der Waals surface area contributed by atoms with Crippen molar-refractivity contribution in [1.29, 1.82) is 0 Å². The number of nitrogens with zero attached hydrogens (tertiary/aromatic N) is 1. The molecule has 0 amide bonds. The van der Waals surface area contributed by atoms with Crippen LogP contribution in [0.5, 0.6) is 5.75 Å². The van der Waals surface area contributed by atoms with Gasteiger partial charge in [0.15, 0.2) is 5.75 Å². The molecule has 0 heterocycles. The quantitative estimate of drug-likeness (QED) is 0.664. The Bertz CT molecular complexity index is 656. The smallest absolute Gasteiger partial charge is 0.312 e. The summed E-state index contributed by atoms with van der Waals surface area (Å²) in [6.45, 7) is 4.05. The van der Waals surface area contributed by atoms with Crippen molar-refractivity contribution >= 4 is 11.4 Å². The molecule has 0 aliphatic rings. The predicted molar refractivity (Wildman–Crippen MR) is 82.9 cm³/mol. The van der Waals surface area contributed by atoms with Crippen LogP contribution in [0.25, 0.3) is 0 Å². The summed E-state index contributed by atoms with van der Waals surface area (Å²) >= 11 is 0. The normalized spacial score (nSPS) is 11.8. The molecule has 1 unspecified atom stereocenters. The van der Waals surface area contributed by atoms with Gasteiger partial charge < -0.3 is 10.1 Å². The van der Waals surface area contributed by atoms with Crippen molar-refractivity contribution in [3.05, 3.63) is 63.7 Å². The molecule has 0 saturated heterocycles. The summed E-state index contributed by atoms with van der Waals surface area (Å²) in [5.74, 6) is 0.258. The zero-order valence-corrected chi connectivity index (χ0v) is 12.3. The summed E-state index contributed by atoms with van der Waals surface area (Å²) in [6, 6.07) is 13.1.